The maximum atomic E-state index is 11.7. The second-order valence-electron chi connectivity index (χ2n) is 4.09. The Labute approximate surface area is 137 Å². The number of hydrogen-bond acceptors (Lipinski definition) is 5. The van der Waals surface area contributed by atoms with Crippen LogP contribution in [0.15, 0.2) is 29.1 Å². The number of halogens is 2. The average molecular weight is 387 g/mol. The van der Waals surface area contributed by atoms with Gasteiger partial charge in [-0.1, -0.05) is 11.6 Å². The predicted molar refractivity (Wildman–Crippen MR) is 85.0 cm³/mol. The highest BCUT2D eigenvalue weighted by Crippen LogP contribution is 2.29. The Hall–Kier alpha value is -1.44. The first-order valence-electron chi connectivity index (χ1n) is 6.05. The van der Waals surface area contributed by atoms with Gasteiger partial charge in [-0.2, -0.15) is 0 Å². The second kappa shape index (κ2) is 5.75. The molecule has 3 aromatic heterocycles. The van der Waals surface area contributed by atoms with Crippen LogP contribution in [0, 0.1) is 0 Å². The highest BCUT2D eigenvalue weighted by atomic mass is 79.9. The minimum atomic E-state index is -0.374. The van der Waals surface area contributed by atoms with Crippen LogP contribution in [0.5, 0.6) is 0 Å². The lowest BCUT2D eigenvalue weighted by molar-refractivity contribution is 0.0532. The summed E-state index contributed by atoms with van der Waals surface area (Å²) in [5.41, 5.74) is 0.780. The molecule has 21 heavy (non-hydrogen) atoms. The van der Waals surface area contributed by atoms with Crippen molar-refractivity contribution in [1.29, 1.82) is 0 Å². The van der Waals surface area contributed by atoms with Gasteiger partial charge in [0.2, 0.25) is 0 Å². The van der Waals surface area contributed by atoms with E-state index in [0.29, 0.717) is 27.3 Å². The Kier molecular flexibility index (Phi) is 3.97. The number of ether oxygens (including phenoxy) is 1. The van der Waals surface area contributed by atoms with E-state index in [-0.39, 0.29) is 5.97 Å². The molecule has 108 valence electrons. The largest absolute Gasteiger partial charge is 0.462 e. The number of imidazole rings is 1. The number of hydrogen-bond donors (Lipinski definition) is 0. The highest BCUT2D eigenvalue weighted by Gasteiger charge is 2.16. The number of rotatable bonds is 3. The maximum absolute atomic E-state index is 11.7. The minimum Gasteiger partial charge on any atom is -0.462 e. The van der Waals surface area contributed by atoms with Gasteiger partial charge >= 0.3 is 5.97 Å². The molecule has 0 atom stereocenters. The fraction of sp³-hybridized carbons (Fsp3) is 0.154. The number of pyridine rings is 1. The summed E-state index contributed by atoms with van der Waals surface area (Å²) in [4.78, 5) is 20.7. The van der Waals surface area contributed by atoms with Gasteiger partial charge in [0.15, 0.2) is 10.8 Å². The van der Waals surface area contributed by atoms with Crippen molar-refractivity contribution in [2.75, 3.05) is 6.61 Å². The van der Waals surface area contributed by atoms with Crippen LogP contribution in [-0.2, 0) is 4.74 Å². The predicted octanol–water partition coefficient (Wildman–Crippen LogP) is 4.05. The number of nitrogens with zero attached hydrogens (tertiary/aromatic N) is 3. The van der Waals surface area contributed by atoms with Crippen molar-refractivity contribution in [1.82, 2.24) is 14.4 Å². The molecule has 0 aliphatic carbocycles. The Morgan fingerprint density at radius 1 is 1.48 bits per heavy atom. The fourth-order valence-corrected chi connectivity index (χ4v) is 3.48. The molecule has 3 aromatic rings. The van der Waals surface area contributed by atoms with Crippen LogP contribution < -0.4 is 0 Å². The van der Waals surface area contributed by atoms with E-state index in [2.05, 4.69) is 25.9 Å². The third-order valence-corrected chi connectivity index (χ3v) is 4.44. The Balaban J connectivity index is 2.07. The minimum absolute atomic E-state index is 0.334. The van der Waals surface area contributed by atoms with Crippen molar-refractivity contribution in [2.45, 2.75) is 6.92 Å². The molecule has 3 rings (SSSR count). The lowest BCUT2D eigenvalue weighted by Gasteiger charge is -2.01. The monoisotopic (exact) mass is 385 g/mol. The summed E-state index contributed by atoms with van der Waals surface area (Å²) < 4.78 is 7.63. The summed E-state index contributed by atoms with van der Waals surface area (Å²) in [5, 5.41) is 1.22. The first-order chi connectivity index (χ1) is 10.1. The van der Waals surface area contributed by atoms with Gasteiger partial charge in [-0.05, 0) is 28.9 Å². The van der Waals surface area contributed by atoms with Crippen LogP contribution in [-0.4, -0.2) is 26.9 Å². The van der Waals surface area contributed by atoms with Crippen molar-refractivity contribution in [2.24, 2.45) is 0 Å². The zero-order valence-corrected chi connectivity index (χ0v) is 14.0. The SMILES string of the molecule is CCOC(=O)c1cnc(-c2ncc3c(Cl)cc(Br)cn23)s1. The first kappa shape index (κ1) is 14.5. The second-order valence-corrected chi connectivity index (χ2v) is 6.45. The number of carbonyl (C=O) groups is 1. The van der Waals surface area contributed by atoms with Gasteiger partial charge in [0.1, 0.15) is 4.88 Å². The van der Waals surface area contributed by atoms with Gasteiger partial charge in [0.05, 0.1) is 29.5 Å². The highest BCUT2D eigenvalue weighted by molar-refractivity contribution is 9.10. The molecule has 0 unspecified atom stereocenters. The maximum Gasteiger partial charge on any atom is 0.349 e. The van der Waals surface area contributed by atoms with Gasteiger partial charge in [-0.3, -0.25) is 4.40 Å². The Morgan fingerprint density at radius 3 is 3.05 bits per heavy atom. The molecule has 0 saturated carbocycles. The number of carbonyl (C=O) groups excluding carboxylic acids is 1. The standard InChI is InChI=1S/C13H9BrClN3O2S/c1-2-20-13(19)10-5-17-12(21-10)11-16-4-9-8(15)3-7(14)6-18(9)11/h3-6H,2H2,1H3. The van der Waals surface area contributed by atoms with Crippen molar-refractivity contribution >= 4 is 50.4 Å². The molecular weight excluding hydrogens is 378 g/mol. The average Bonchev–Trinajstić information content (AvgIpc) is 3.04. The van der Waals surface area contributed by atoms with E-state index in [1.165, 1.54) is 17.5 Å². The number of esters is 1. The molecule has 0 aromatic carbocycles. The molecule has 0 aliphatic heterocycles. The molecule has 0 saturated heterocycles. The number of aromatic nitrogens is 3. The number of fused-ring (bicyclic) bond motifs is 1. The quantitative estimate of drug-likeness (QED) is 0.637. The van der Waals surface area contributed by atoms with Crippen LogP contribution in [0.1, 0.15) is 16.6 Å². The van der Waals surface area contributed by atoms with Gasteiger partial charge in [-0.15, -0.1) is 11.3 Å². The smallest absolute Gasteiger partial charge is 0.349 e. The van der Waals surface area contributed by atoms with Crippen molar-refractivity contribution in [3.05, 3.63) is 39.0 Å². The lowest BCUT2D eigenvalue weighted by Crippen LogP contribution is -2.01. The first-order valence-corrected chi connectivity index (χ1v) is 8.04. The topological polar surface area (TPSA) is 56.5 Å². The third kappa shape index (κ3) is 2.68. The van der Waals surface area contributed by atoms with E-state index >= 15 is 0 Å². The van der Waals surface area contributed by atoms with Crippen LogP contribution in [0.25, 0.3) is 16.3 Å². The molecule has 0 N–H and O–H groups in total. The molecule has 0 fully saturated rings. The van der Waals surface area contributed by atoms with E-state index in [1.807, 2.05) is 10.6 Å². The molecular formula is C13H9BrClN3O2S. The van der Waals surface area contributed by atoms with Crippen molar-refractivity contribution < 1.29 is 9.53 Å². The molecule has 3 heterocycles. The van der Waals surface area contributed by atoms with Crippen LogP contribution >= 0.6 is 38.9 Å². The summed E-state index contributed by atoms with van der Waals surface area (Å²) in [5.74, 6) is 0.259. The van der Waals surface area contributed by atoms with E-state index in [0.717, 1.165) is 9.99 Å². The molecule has 0 spiro atoms. The summed E-state index contributed by atoms with van der Waals surface area (Å²) in [6.45, 7) is 2.10. The summed E-state index contributed by atoms with van der Waals surface area (Å²) >= 11 is 10.8. The molecule has 0 radical (unpaired) electrons. The summed E-state index contributed by atoms with van der Waals surface area (Å²) in [6.07, 6.45) is 5.03. The van der Waals surface area contributed by atoms with Gasteiger partial charge in [0, 0.05) is 10.7 Å². The van der Waals surface area contributed by atoms with Crippen LogP contribution in [0.2, 0.25) is 5.02 Å². The number of thiazole rings is 1. The van der Waals surface area contributed by atoms with Crippen molar-refractivity contribution in [3.8, 4) is 10.8 Å². The molecule has 8 heteroatoms. The van der Waals surface area contributed by atoms with E-state index in [9.17, 15) is 4.79 Å². The van der Waals surface area contributed by atoms with E-state index < -0.39 is 0 Å². The molecule has 0 amide bonds. The molecule has 0 bridgehead atoms. The molecule has 5 nitrogen and oxygen atoms in total. The fourth-order valence-electron chi connectivity index (χ4n) is 1.86. The van der Waals surface area contributed by atoms with Gasteiger partial charge in [-0.25, -0.2) is 14.8 Å². The third-order valence-electron chi connectivity index (χ3n) is 2.73. The summed E-state index contributed by atoms with van der Waals surface area (Å²) in [7, 11) is 0. The van der Waals surface area contributed by atoms with E-state index in [1.54, 1.807) is 19.2 Å². The zero-order valence-electron chi connectivity index (χ0n) is 10.8. The summed E-state index contributed by atoms with van der Waals surface area (Å²) in [6, 6.07) is 1.80. The van der Waals surface area contributed by atoms with Crippen molar-refractivity contribution in [3.63, 3.8) is 0 Å². The normalized spacial score (nSPS) is 11.0. The van der Waals surface area contributed by atoms with E-state index in [4.69, 9.17) is 16.3 Å². The Morgan fingerprint density at radius 2 is 2.29 bits per heavy atom. The van der Waals surface area contributed by atoms with Gasteiger partial charge < -0.3 is 4.74 Å². The van der Waals surface area contributed by atoms with Gasteiger partial charge in [0.25, 0.3) is 0 Å². The zero-order chi connectivity index (χ0) is 15.0. The van der Waals surface area contributed by atoms with Crippen LogP contribution in [0.3, 0.4) is 0 Å². The molecule has 0 aliphatic rings. The lowest BCUT2D eigenvalue weighted by atomic mass is 10.4. The Bertz CT molecular complexity index is 830. The van der Waals surface area contributed by atoms with Crippen LogP contribution in [0.4, 0.5) is 0 Å².